The van der Waals surface area contributed by atoms with E-state index < -0.39 is 12.0 Å². The standard InChI is InChI=1S/C23H32N2O5/c26-21(12-7-13-30-19-10-5-2-6-11-19)24-15-22(27)25-16-18(14-20(25)23(28)29)17-8-3-1-4-9-17/h2,5-6,10-11,17-18,20H,1,3-4,7-9,12-16H2,(H,24,26)(H,28,29). The number of aliphatic carboxylic acids is 1. The van der Waals surface area contributed by atoms with E-state index >= 15 is 0 Å². The number of ether oxygens (including phenoxy) is 1. The average molecular weight is 417 g/mol. The first kappa shape index (κ1) is 22.1. The summed E-state index contributed by atoms with van der Waals surface area (Å²) in [6, 6.07) is 8.61. The quantitative estimate of drug-likeness (QED) is 0.604. The number of hydrogen-bond donors (Lipinski definition) is 2. The van der Waals surface area contributed by atoms with Crippen LogP contribution in [0.25, 0.3) is 0 Å². The largest absolute Gasteiger partial charge is 0.494 e. The Morgan fingerprint density at radius 2 is 1.80 bits per heavy atom. The van der Waals surface area contributed by atoms with Gasteiger partial charge in [0, 0.05) is 13.0 Å². The highest BCUT2D eigenvalue weighted by atomic mass is 16.5. The first-order valence-corrected chi connectivity index (χ1v) is 11.0. The van der Waals surface area contributed by atoms with Crippen LogP contribution in [0.4, 0.5) is 0 Å². The van der Waals surface area contributed by atoms with Gasteiger partial charge in [-0.2, -0.15) is 0 Å². The molecule has 2 N–H and O–H groups in total. The molecule has 3 rings (SSSR count). The molecule has 1 heterocycles. The van der Waals surface area contributed by atoms with Crippen LogP contribution in [0, 0.1) is 11.8 Å². The molecule has 1 aliphatic heterocycles. The van der Waals surface area contributed by atoms with Crippen LogP contribution in [0.5, 0.6) is 5.75 Å². The third-order valence-electron chi connectivity index (χ3n) is 6.25. The number of rotatable bonds is 9. The lowest BCUT2D eigenvalue weighted by atomic mass is 9.79. The minimum absolute atomic E-state index is 0.153. The Balaban J connectivity index is 1.40. The highest BCUT2D eigenvalue weighted by molar-refractivity contribution is 5.88. The van der Waals surface area contributed by atoms with Crippen LogP contribution in [-0.2, 0) is 14.4 Å². The van der Waals surface area contributed by atoms with Crippen molar-refractivity contribution in [3.8, 4) is 5.75 Å². The number of amides is 2. The summed E-state index contributed by atoms with van der Waals surface area (Å²) in [5.74, 6) is 0.0312. The third-order valence-corrected chi connectivity index (χ3v) is 6.25. The Labute approximate surface area is 177 Å². The van der Waals surface area contributed by atoms with E-state index in [4.69, 9.17) is 4.74 Å². The van der Waals surface area contributed by atoms with Crippen LogP contribution in [-0.4, -0.2) is 53.5 Å². The molecule has 1 aromatic carbocycles. The Morgan fingerprint density at radius 1 is 1.07 bits per heavy atom. The number of carboxylic acids is 1. The Hall–Kier alpha value is -2.57. The molecule has 0 spiro atoms. The molecule has 2 aliphatic rings. The molecule has 1 saturated heterocycles. The highest BCUT2D eigenvalue weighted by Gasteiger charge is 2.42. The number of nitrogens with one attached hydrogen (secondary N) is 1. The van der Waals surface area contributed by atoms with Crippen molar-refractivity contribution in [1.82, 2.24) is 10.2 Å². The molecule has 0 bridgehead atoms. The van der Waals surface area contributed by atoms with Gasteiger partial charge in [-0.3, -0.25) is 9.59 Å². The normalized spacial score (nSPS) is 21.9. The number of para-hydroxylation sites is 1. The fraction of sp³-hybridized carbons (Fsp3) is 0.609. The van der Waals surface area contributed by atoms with Crippen LogP contribution >= 0.6 is 0 Å². The average Bonchev–Trinajstić information content (AvgIpc) is 3.22. The molecule has 2 atom stereocenters. The first-order valence-electron chi connectivity index (χ1n) is 11.0. The number of hydrogen-bond acceptors (Lipinski definition) is 4. The fourth-order valence-corrected chi connectivity index (χ4v) is 4.63. The molecule has 30 heavy (non-hydrogen) atoms. The lowest BCUT2D eigenvalue weighted by Gasteiger charge is -2.27. The van der Waals surface area contributed by atoms with Crippen LogP contribution < -0.4 is 10.1 Å². The summed E-state index contributed by atoms with van der Waals surface area (Å²) >= 11 is 0. The van der Waals surface area contributed by atoms with Gasteiger partial charge in [-0.25, -0.2) is 4.79 Å². The molecule has 7 nitrogen and oxygen atoms in total. The van der Waals surface area contributed by atoms with Gasteiger partial charge >= 0.3 is 5.97 Å². The summed E-state index contributed by atoms with van der Waals surface area (Å²) in [7, 11) is 0. The zero-order valence-corrected chi connectivity index (χ0v) is 17.4. The zero-order chi connectivity index (χ0) is 21.3. The SMILES string of the molecule is O=C(CCCOc1ccccc1)NCC(=O)N1CC(C2CCCCC2)CC1C(=O)O. The monoisotopic (exact) mass is 416 g/mol. The van der Waals surface area contributed by atoms with Gasteiger partial charge < -0.3 is 20.1 Å². The van der Waals surface area contributed by atoms with E-state index in [-0.39, 0.29) is 30.7 Å². The van der Waals surface area contributed by atoms with Crippen LogP contribution in [0.3, 0.4) is 0 Å². The predicted octanol–water partition coefficient (Wildman–Crippen LogP) is 2.84. The lowest BCUT2D eigenvalue weighted by molar-refractivity contribution is -0.148. The number of benzene rings is 1. The van der Waals surface area contributed by atoms with Crippen LogP contribution in [0.1, 0.15) is 51.4 Å². The predicted molar refractivity (Wildman–Crippen MR) is 112 cm³/mol. The van der Waals surface area contributed by atoms with E-state index in [1.807, 2.05) is 30.3 Å². The zero-order valence-electron chi connectivity index (χ0n) is 17.4. The second-order valence-corrected chi connectivity index (χ2v) is 8.34. The van der Waals surface area contributed by atoms with Gasteiger partial charge in [0.15, 0.2) is 0 Å². The molecular formula is C23H32N2O5. The van der Waals surface area contributed by atoms with Crippen LogP contribution in [0.2, 0.25) is 0 Å². The molecule has 0 radical (unpaired) electrons. The van der Waals surface area contributed by atoms with E-state index in [0.29, 0.717) is 31.9 Å². The maximum absolute atomic E-state index is 12.6. The summed E-state index contributed by atoms with van der Waals surface area (Å²) < 4.78 is 5.55. The van der Waals surface area contributed by atoms with E-state index in [9.17, 15) is 19.5 Å². The van der Waals surface area contributed by atoms with E-state index in [2.05, 4.69) is 5.32 Å². The van der Waals surface area contributed by atoms with Gasteiger partial charge in [0.25, 0.3) is 0 Å². The first-order chi connectivity index (χ1) is 14.5. The third kappa shape index (κ3) is 6.21. The van der Waals surface area contributed by atoms with Crippen molar-refractivity contribution < 1.29 is 24.2 Å². The number of carbonyl (C=O) groups is 3. The van der Waals surface area contributed by atoms with Gasteiger partial charge in [0.1, 0.15) is 11.8 Å². The van der Waals surface area contributed by atoms with E-state index in [1.165, 1.54) is 24.2 Å². The smallest absolute Gasteiger partial charge is 0.326 e. The highest BCUT2D eigenvalue weighted by Crippen LogP contribution is 2.37. The van der Waals surface area contributed by atoms with Gasteiger partial charge in [-0.05, 0) is 36.8 Å². The van der Waals surface area contributed by atoms with Crippen molar-refractivity contribution in [2.45, 2.75) is 57.4 Å². The summed E-state index contributed by atoms with van der Waals surface area (Å²) in [5.41, 5.74) is 0. The molecule has 164 valence electrons. The number of nitrogens with zero attached hydrogens (tertiary/aromatic N) is 1. The number of carbonyl (C=O) groups excluding carboxylic acids is 2. The molecule has 0 aromatic heterocycles. The maximum atomic E-state index is 12.6. The lowest BCUT2D eigenvalue weighted by Crippen LogP contribution is -2.45. The Bertz CT molecular complexity index is 718. The number of likely N-dealkylation sites (tertiary alicyclic amines) is 1. The van der Waals surface area contributed by atoms with Gasteiger partial charge in [0.05, 0.1) is 13.2 Å². The molecule has 1 aliphatic carbocycles. The van der Waals surface area contributed by atoms with Gasteiger partial charge in [-0.15, -0.1) is 0 Å². The topological polar surface area (TPSA) is 95.9 Å². The molecule has 2 fully saturated rings. The minimum Gasteiger partial charge on any atom is -0.494 e. The Morgan fingerprint density at radius 3 is 2.50 bits per heavy atom. The summed E-state index contributed by atoms with van der Waals surface area (Å²) in [4.78, 5) is 37.8. The second-order valence-electron chi connectivity index (χ2n) is 8.34. The minimum atomic E-state index is -0.953. The fourth-order valence-electron chi connectivity index (χ4n) is 4.63. The van der Waals surface area contributed by atoms with E-state index in [1.54, 1.807) is 0 Å². The molecular weight excluding hydrogens is 384 g/mol. The van der Waals surface area contributed by atoms with Crippen molar-refractivity contribution >= 4 is 17.8 Å². The summed E-state index contributed by atoms with van der Waals surface area (Å²) in [6.07, 6.45) is 7.20. The van der Waals surface area contributed by atoms with Crippen molar-refractivity contribution in [2.24, 2.45) is 11.8 Å². The van der Waals surface area contributed by atoms with Crippen LogP contribution in [0.15, 0.2) is 30.3 Å². The van der Waals surface area contributed by atoms with E-state index in [0.717, 1.165) is 18.6 Å². The molecule has 1 aromatic rings. The van der Waals surface area contributed by atoms with Gasteiger partial charge in [0.2, 0.25) is 11.8 Å². The number of carboxylic acid groups (broad SMARTS) is 1. The Kier molecular flexibility index (Phi) is 8.11. The maximum Gasteiger partial charge on any atom is 0.326 e. The molecule has 2 amide bonds. The summed E-state index contributed by atoms with van der Waals surface area (Å²) in [6.45, 7) is 0.752. The van der Waals surface area contributed by atoms with Crippen molar-refractivity contribution in [1.29, 1.82) is 0 Å². The molecule has 7 heteroatoms. The summed E-state index contributed by atoms with van der Waals surface area (Å²) in [5, 5.41) is 12.2. The molecule has 2 unspecified atom stereocenters. The van der Waals surface area contributed by atoms with Crippen molar-refractivity contribution in [2.75, 3.05) is 19.7 Å². The van der Waals surface area contributed by atoms with Gasteiger partial charge in [-0.1, -0.05) is 50.3 Å². The molecule has 1 saturated carbocycles. The second kappa shape index (κ2) is 11.0. The van der Waals surface area contributed by atoms with Crippen molar-refractivity contribution in [3.63, 3.8) is 0 Å². The van der Waals surface area contributed by atoms with Crippen molar-refractivity contribution in [3.05, 3.63) is 30.3 Å².